The maximum atomic E-state index is 10.9. The fraction of sp³-hybridized carbons (Fsp3) is 0.545. The zero-order valence-electron chi connectivity index (χ0n) is 9.37. The van der Waals surface area contributed by atoms with E-state index >= 15 is 0 Å². The molecule has 2 fully saturated rings. The second kappa shape index (κ2) is 3.96. The molecule has 0 saturated carbocycles. The Labute approximate surface area is 98.8 Å². The van der Waals surface area contributed by atoms with Crippen LogP contribution in [-0.4, -0.2) is 36.1 Å². The molecule has 1 aromatic rings. The number of nitro groups is 1. The Morgan fingerprint density at radius 2 is 2.12 bits per heavy atom. The standard InChI is InChI=1S/C11H14N4O2/c16-15(17)11-10(2-1-3-13-11)14-6-8-4-12-5-9(8)7-14/h1-3,8-9,12H,4-7H2. The van der Waals surface area contributed by atoms with Crippen LogP contribution in [0.2, 0.25) is 0 Å². The van der Waals surface area contributed by atoms with E-state index in [1.807, 2.05) is 0 Å². The molecule has 3 heterocycles. The van der Waals surface area contributed by atoms with E-state index in [0.717, 1.165) is 26.2 Å². The predicted octanol–water partition coefficient (Wildman–Crippen LogP) is 0.645. The van der Waals surface area contributed by atoms with Gasteiger partial charge in [-0.2, -0.15) is 0 Å². The molecule has 17 heavy (non-hydrogen) atoms. The highest BCUT2D eigenvalue weighted by molar-refractivity contribution is 5.59. The van der Waals surface area contributed by atoms with E-state index in [2.05, 4.69) is 15.2 Å². The molecule has 2 saturated heterocycles. The van der Waals surface area contributed by atoms with Crippen LogP contribution in [-0.2, 0) is 0 Å². The number of aromatic nitrogens is 1. The van der Waals surface area contributed by atoms with Crippen molar-refractivity contribution in [1.29, 1.82) is 0 Å². The highest BCUT2D eigenvalue weighted by Crippen LogP contribution is 2.34. The first kappa shape index (κ1) is 10.5. The van der Waals surface area contributed by atoms with Crippen molar-refractivity contribution in [3.8, 4) is 0 Å². The fourth-order valence-corrected chi connectivity index (χ4v) is 2.83. The lowest BCUT2D eigenvalue weighted by molar-refractivity contribution is -0.388. The molecule has 6 nitrogen and oxygen atoms in total. The van der Waals surface area contributed by atoms with Gasteiger partial charge in [-0.3, -0.25) is 0 Å². The zero-order chi connectivity index (χ0) is 11.8. The fourth-order valence-electron chi connectivity index (χ4n) is 2.83. The van der Waals surface area contributed by atoms with Crippen molar-refractivity contribution < 1.29 is 4.92 Å². The van der Waals surface area contributed by atoms with E-state index in [1.54, 1.807) is 12.1 Å². The number of nitrogens with zero attached hydrogens (tertiary/aromatic N) is 3. The number of hydrogen-bond donors (Lipinski definition) is 1. The van der Waals surface area contributed by atoms with Crippen LogP contribution in [0.15, 0.2) is 18.3 Å². The molecule has 90 valence electrons. The van der Waals surface area contributed by atoms with Gasteiger partial charge in [-0.05, 0) is 33.9 Å². The summed E-state index contributed by atoms with van der Waals surface area (Å²) in [4.78, 5) is 16.5. The summed E-state index contributed by atoms with van der Waals surface area (Å²) in [7, 11) is 0. The number of fused-ring (bicyclic) bond motifs is 1. The maximum absolute atomic E-state index is 10.9. The van der Waals surface area contributed by atoms with Crippen molar-refractivity contribution in [2.75, 3.05) is 31.1 Å². The number of hydrogen-bond acceptors (Lipinski definition) is 5. The number of rotatable bonds is 2. The summed E-state index contributed by atoms with van der Waals surface area (Å²) in [5.41, 5.74) is 0.659. The van der Waals surface area contributed by atoms with E-state index in [1.165, 1.54) is 6.20 Å². The monoisotopic (exact) mass is 234 g/mol. The Kier molecular flexibility index (Phi) is 2.44. The second-order valence-electron chi connectivity index (χ2n) is 4.69. The van der Waals surface area contributed by atoms with Gasteiger partial charge in [0.2, 0.25) is 0 Å². The number of anilines is 1. The van der Waals surface area contributed by atoms with Gasteiger partial charge >= 0.3 is 5.82 Å². The average Bonchev–Trinajstić information content (AvgIpc) is 2.88. The Bertz CT molecular complexity index is 439. The van der Waals surface area contributed by atoms with Crippen molar-refractivity contribution >= 4 is 11.5 Å². The van der Waals surface area contributed by atoms with Gasteiger partial charge in [0.15, 0.2) is 0 Å². The van der Waals surface area contributed by atoms with Crippen LogP contribution in [0.1, 0.15) is 0 Å². The Hall–Kier alpha value is -1.69. The quantitative estimate of drug-likeness (QED) is 0.600. The largest absolute Gasteiger partial charge is 0.387 e. The van der Waals surface area contributed by atoms with E-state index in [-0.39, 0.29) is 5.82 Å². The Morgan fingerprint density at radius 1 is 1.41 bits per heavy atom. The van der Waals surface area contributed by atoms with Crippen molar-refractivity contribution in [2.24, 2.45) is 11.8 Å². The molecular weight excluding hydrogens is 220 g/mol. The van der Waals surface area contributed by atoms with Crippen LogP contribution in [0.3, 0.4) is 0 Å². The summed E-state index contributed by atoms with van der Waals surface area (Å²) in [6, 6.07) is 3.55. The SMILES string of the molecule is O=[N+]([O-])c1ncccc1N1CC2CNCC2C1. The molecular formula is C11H14N4O2. The van der Waals surface area contributed by atoms with Crippen molar-refractivity contribution in [3.63, 3.8) is 0 Å². The molecule has 0 aliphatic carbocycles. The summed E-state index contributed by atoms with van der Waals surface area (Å²) in [5, 5.41) is 14.3. The van der Waals surface area contributed by atoms with Crippen LogP contribution in [0, 0.1) is 22.0 Å². The van der Waals surface area contributed by atoms with Gasteiger partial charge in [0.05, 0.1) is 0 Å². The lowest BCUT2D eigenvalue weighted by Gasteiger charge is -2.18. The van der Waals surface area contributed by atoms with Crippen LogP contribution >= 0.6 is 0 Å². The van der Waals surface area contributed by atoms with Gasteiger partial charge in [0, 0.05) is 26.2 Å². The first-order valence-electron chi connectivity index (χ1n) is 5.81. The molecule has 2 atom stereocenters. The van der Waals surface area contributed by atoms with Gasteiger partial charge in [0.1, 0.15) is 11.9 Å². The van der Waals surface area contributed by atoms with Gasteiger partial charge in [-0.25, -0.2) is 0 Å². The van der Waals surface area contributed by atoms with Crippen LogP contribution in [0.4, 0.5) is 11.5 Å². The summed E-state index contributed by atoms with van der Waals surface area (Å²) in [6.07, 6.45) is 1.47. The van der Waals surface area contributed by atoms with Crippen LogP contribution in [0.25, 0.3) is 0 Å². The van der Waals surface area contributed by atoms with Crippen LogP contribution in [0.5, 0.6) is 0 Å². The summed E-state index contributed by atoms with van der Waals surface area (Å²) < 4.78 is 0. The minimum Gasteiger partial charge on any atom is -0.364 e. The topological polar surface area (TPSA) is 71.3 Å². The van der Waals surface area contributed by atoms with Gasteiger partial charge in [-0.1, -0.05) is 0 Å². The third-order valence-corrected chi connectivity index (χ3v) is 3.67. The summed E-state index contributed by atoms with van der Waals surface area (Å²) >= 11 is 0. The molecule has 0 aromatic carbocycles. The van der Waals surface area contributed by atoms with Gasteiger partial charge in [-0.15, -0.1) is 0 Å². The van der Waals surface area contributed by atoms with E-state index in [4.69, 9.17) is 0 Å². The molecule has 0 bridgehead atoms. The molecule has 3 rings (SSSR count). The molecule has 1 aromatic heterocycles. The first-order chi connectivity index (χ1) is 8.25. The van der Waals surface area contributed by atoms with E-state index in [0.29, 0.717) is 17.5 Å². The number of pyridine rings is 1. The Morgan fingerprint density at radius 3 is 2.76 bits per heavy atom. The molecule has 0 spiro atoms. The molecule has 6 heteroatoms. The van der Waals surface area contributed by atoms with Gasteiger partial charge < -0.3 is 20.3 Å². The van der Waals surface area contributed by atoms with E-state index in [9.17, 15) is 10.1 Å². The normalized spacial score (nSPS) is 27.2. The van der Waals surface area contributed by atoms with Crippen molar-refractivity contribution in [2.45, 2.75) is 0 Å². The molecule has 2 aliphatic rings. The van der Waals surface area contributed by atoms with E-state index < -0.39 is 4.92 Å². The minimum absolute atomic E-state index is 0.0274. The lowest BCUT2D eigenvalue weighted by Crippen LogP contribution is -2.26. The first-order valence-corrected chi connectivity index (χ1v) is 5.81. The van der Waals surface area contributed by atoms with Crippen LogP contribution < -0.4 is 10.2 Å². The average molecular weight is 234 g/mol. The highest BCUT2D eigenvalue weighted by Gasteiger charge is 2.38. The highest BCUT2D eigenvalue weighted by atomic mass is 16.6. The minimum atomic E-state index is -0.401. The predicted molar refractivity (Wildman–Crippen MR) is 63.0 cm³/mol. The summed E-state index contributed by atoms with van der Waals surface area (Å²) in [6.45, 7) is 3.83. The summed E-state index contributed by atoms with van der Waals surface area (Å²) in [5.74, 6) is 1.21. The van der Waals surface area contributed by atoms with Crippen molar-refractivity contribution in [3.05, 3.63) is 28.4 Å². The molecule has 0 amide bonds. The molecule has 1 N–H and O–H groups in total. The molecule has 2 aliphatic heterocycles. The van der Waals surface area contributed by atoms with Gasteiger partial charge in [0.25, 0.3) is 0 Å². The molecule has 0 radical (unpaired) electrons. The Balaban J connectivity index is 1.88. The zero-order valence-corrected chi connectivity index (χ0v) is 9.37. The van der Waals surface area contributed by atoms with Crippen molar-refractivity contribution in [1.82, 2.24) is 10.3 Å². The third-order valence-electron chi connectivity index (χ3n) is 3.67. The molecule has 2 unspecified atom stereocenters. The second-order valence-corrected chi connectivity index (χ2v) is 4.69. The third kappa shape index (κ3) is 1.74. The smallest absolute Gasteiger partial charge is 0.364 e. The maximum Gasteiger partial charge on any atom is 0.387 e. The number of nitrogens with one attached hydrogen (secondary N) is 1. The lowest BCUT2D eigenvalue weighted by atomic mass is 10.0.